The van der Waals surface area contributed by atoms with Crippen LogP contribution < -0.4 is 10.1 Å². The van der Waals surface area contributed by atoms with Gasteiger partial charge >= 0.3 is 6.03 Å². The van der Waals surface area contributed by atoms with E-state index >= 15 is 0 Å². The molecule has 2 aliphatic rings. The molecule has 3 rings (SSSR count). The number of carbonyl (C=O) groups excluding carboxylic acids is 3. The van der Waals surface area contributed by atoms with Crippen LogP contribution in [0.25, 0.3) is 0 Å². The van der Waals surface area contributed by atoms with Gasteiger partial charge in [0.1, 0.15) is 17.1 Å². The first-order valence-corrected chi connectivity index (χ1v) is 8.21. The maximum Gasteiger partial charge on any atom is 0.325 e. The van der Waals surface area contributed by atoms with E-state index in [4.69, 9.17) is 4.74 Å². The van der Waals surface area contributed by atoms with Gasteiger partial charge in [0.2, 0.25) is 0 Å². The van der Waals surface area contributed by atoms with Gasteiger partial charge in [-0.3, -0.25) is 14.5 Å². The number of ketones is 1. The van der Waals surface area contributed by atoms with Crippen LogP contribution in [0.15, 0.2) is 18.2 Å². The van der Waals surface area contributed by atoms with Gasteiger partial charge in [-0.2, -0.15) is 11.8 Å². The van der Waals surface area contributed by atoms with Gasteiger partial charge in [0.05, 0.1) is 19.2 Å². The number of ether oxygens (including phenoxy) is 1. The van der Waals surface area contributed by atoms with Crippen LogP contribution in [0.2, 0.25) is 0 Å². The summed E-state index contributed by atoms with van der Waals surface area (Å²) in [6.07, 6.45) is 0.552. The van der Waals surface area contributed by atoms with Crippen molar-refractivity contribution >= 4 is 29.5 Å². The predicted molar refractivity (Wildman–Crippen MR) is 82.2 cm³/mol. The summed E-state index contributed by atoms with van der Waals surface area (Å²) >= 11 is 1.58. The topological polar surface area (TPSA) is 75.7 Å². The highest BCUT2D eigenvalue weighted by Crippen LogP contribution is 2.33. The highest BCUT2D eigenvalue weighted by molar-refractivity contribution is 7.99. The van der Waals surface area contributed by atoms with E-state index in [-0.39, 0.29) is 11.3 Å². The number of Topliss-reactive ketones (excluding diaryl/α,β-unsaturated/α-hetero) is 1. The minimum atomic E-state index is -0.895. The van der Waals surface area contributed by atoms with Crippen molar-refractivity contribution < 1.29 is 23.5 Å². The number of imide groups is 1. The van der Waals surface area contributed by atoms with Crippen LogP contribution >= 0.6 is 11.8 Å². The molecule has 0 unspecified atom stereocenters. The number of methoxy groups -OCH3 is 1. The third-order valence-corrected chi connectivity index (χ3v) is 5.22. The van der Waals surface area contributed by atoms with Crippen molar-refractivity contribution in [3.05, 3.63) is 29.6 Å². The van der Waals surface area contributed by atoms with Gasteiger partial charge in [0.15, 0.2) is 5.78 Å². The van der Waals surface area contributed by atoms with Crippen LogP contribution in [-0.2, 0) is 4.79 Å². The number of rotatable bonds is 4. The van der Waals surface area contributed by atoms with Gasteiger partial charge in [-0.25, -0.2) is 9.18 Å². The van der Waals surface area contributed by atoms with Crippen molar-refractivity contribution in [2.24, 2.45) is 0 Å². The third-order valence-electron chi connectivity index (χ3n) is 4.03. The molecule has 122 valence electrons. The molecule has 1 aromatic carbocycles. The first-order valence-electron chi connectivity index (χ1n) is 7.05. The summed E-state index contributed by atoms with van der Waals surface area (Å²) in [4.78, 5) is 37.9. The molecule has 2 aliphatic heterocycles. The smallest absolute Gasteiger partial charge is 0.325 e. The Hall–Kier alpha value is -2.09. The number of urea groups is 1. The maximum absolute atomic E-state index is 13.4. The number of nitrogens with one attached hydrogen (secondary N) is 1. The van der Waals surface area contributed by atoms with E-state index < -0.39 is 35.6 Å². The van der Waals surface area contributed by atoms with Gasteiger partial charge in [-0.15, -0.1) is 0 Å². The lowest BCUT2D eigenvalue weighted by atomic mass is 9.99. The Kier molecular flexibility index (Phi) is 4.01. The Morgan fingerprint density at radius 1 is 1.48 bits per heavy atom. The van der Waals surface area contributed by atoms with Crippen LogP contribution in [0.5, 0.6) is 5.75 Å². The number of carbonyl (C=O) groups is 3. The summed E-state index contributed by atoms with van der Waals surface area (Å²) in [5.41, 5.74) is -0.886. The van der Waals surface area contributed by atoms with E-state index in [1.54, 1.807) is 11.8 Å². The zero-order valence-corrected chi connectivity index (χ0v) is 13.2. The average molecular weight is 338 g/mol. The lowest BCUT2D eigenvalue weighted by Crippen LogP contribution is -2.47. The second-order valence-electron chi connectivity index (χ2n) is 5.47. The van der Waals surface area contributed by atoms with Gasteiger partial charge < -0.3 is 10.1 Å². The number of amides is 3. The summed E-state index contributed by atoms with van der Waals surface area (Å²) in [7, 11) is 1.36. The Labute approximate surface area is 136 Å². The van der Waals surface area contributed by atoms with Crippen molar-refractivity contribution in [1.82, 2.24) is 10.2 Å². The molecule has 6 nitrogen and oxygen atoms in total. The summed E-state index contributed by atoms with van der Waals surface area (Å²) in [6, 6.07) is 2.97. The Morgan fingerprint density at radius 3 is 2.91 bits per heavy atom. The van der Waals surface area contributed by atoms with E-state index in [0.717, 1.165) is 16.7 Å². The van der Waals surface area contributed by atoms with Crippen LogP contribution in [0.1, 0.15) is 16.8 Å². The van der Waals surface area contributed by atoms with Crippen LogP contribution in [0.3, 0.4) is 0 Å². The molecule has 0 radical (unpaired) electrons. The van der Waals surface area contributed by atoms with E-state index in [2.05, 4.69) is 5.32 Å². The minimum Gasteiger partial charge on any atom is -0.496 e. The number of hydrogen-bond donors (Lipinski definition) is 1. The molecule has 1 spiro atoms. The molecule has 1 atom stereocenters. The van der Waals surface area contributed by atoms with E-state index in [0.29, 0.717) is 12.2 Å². The number of thioether (sulfide) groups is 1. The molecule has 0 saturated carbocycles. The zero-order chi connectivity index (χ0) is 16.6. The Balaban J connectivity index is 1.82. The Bertz CT molecular complexity index is 688. The molecule has 2 fully saturated rings. The molecule has 1 N–H and O–H groups in total. The SMILES string of the molecule is COc1ccc(F)cc1C(=O)CN1C(=O)N[C@]2(CCSC2)C1=O. The standard InChI is InChI=1S/C15H15FN2O4S/c1-22-12-3-2-9(16)6-10(12)11(19)7-18-13(20)15(17-14(18)21)4-5-23-8-15/h2-3,6H,4-5,7-8H2,1H3,(H,17,21)/t15-/m0/s1. The number of hydrogen-bond acceptors (Lipinski definition) is 5. The second kappa shape index (κ2) is 5.84. The highest BCUT2D eigenvalue weighted by atomic mass is 32.2. The summed E-state index contributed by atoms with van der Waals surface area (Å²) in [6.45, 7) is -0.434. The second-order valence-corrected chi connectivity index (χ2v) is 6.58. The van der Waals surface area contributed by atoms with Crippen molar-refractivity contribution in [3.63, 3.8) is 0 Å². The number of nitrogens with zero attached hydrogens (tertiary/aromatic N) is 1. The molecular weight excluding hydrogens is 323 g/mol. The number of halogens is 1. The largest absolute Gasteiger partial charge is 0.496 e. The maximum atomic E-state index is 13.4. The van der Waals surface area contributed by atoms with Gasteiger partial charge in [-0.05, 0) is 30.4 Å². The van der Waals surface area contributed by atoms with Crippen LogP contribution in [-0.4, -0.2) is 53.3 Å². The molecule has 8 heteroatoms. The Morgan fingerprint density at radius 2 is 2.26 bits per heavy atom. The van der Waals surface area contributed by atoms with Crippen molar-refractivity contribution in [2.75, 3.05) is 25.2 Å². The predicted octanol–water partition coefficient (Wildman–Crippen LogP) is 1.44. The zero-order valence-electron chi connectivity index (χ0n) is 12.4. The molecule has 2 heterocycles. The summed E-state index contributed by atoms with van der Waals surface area (Å²) < 4.78 is 18.4. The first-order chi connectivity index (χ1) is 11.0. The average Bonchev–Trinajstić information content (AvgIpc) is 3.08. The van der Waals surface area contributed by atoms with Crippen molar-refractivity contribution in [3.8, 4) is 5.75 Å². The number of benzene rings is 1. The van der Waals surface area contributed by atoms with E-state index in [9.17, 15) is 18.8 Å². The summed E-state index contributed by atoms with van der Waals surface area (Å²) in [5, 5.41) is 2.68. The fourth-order valence-corrected chi connectivity index (χ4v) is 4.10. The fourth-order valence-electron chi connectivity index (χ4n) is 2.78. The molecule has 23 heavy (non-hydrogen) atoms. The lowest BCUT2D eigenvalue weighted by molar-refractivity contribution is -0.130. The van der Waals surface area contributed by atoms with Crippen molar-refractivity contribution in [1.29, 1.82) is 0 Å². The fraction of sp³-hybridized carbons (Fsp3) is 0.400. The minimum absolute atomic E-state index is 0.00912. The van der Waals surface area contributed by atoms with E-state index in [1.165, 1.54) is 19.2 Å². The molecule has 3 amide bonds. The first kappa shape index (κ1) is 15.8. The van der Waals surface area contributed by atoms with Gasteiger partial charge in [0, 0.05) is 5.75 Å². The third kappa shape index (κ3) is 2.67. The highest BCUT2D eigenvalue weighted by Gasteiger charge is 2.53. The molecular formula is C15H15FN2O4S. The van der Waals surface area contributed by atoms with Crippen LogP contribution in [0, 0.1) is 5.82 Å². The quantitative estimate of drug-likeness (QED) is 0.664. The molecule has 0 aliphatic carbocycles. The van der Waals surface area contributed by atoms with E-state index in [1.807, 2.05) is 0 Å². The normalized spacial score (nSPS) is 23.5. The van der Waals surface area contributed by atoms with Gasteiger partial charge in [0.25, 0.3) is 5.91 Å². The molecule has 1 aromatic rings. The van der Waals surface area contributed by atoms with Crippen LogP contribution in [0.4, 0.5) is 9.18 Å². The monoisotopic (exact) mass is 338 g/mol. The molecule has 0 bridgehead atoms. The summed E-state index contributed by atoms with van der Waals surface area (Å²) in [5.74, 6) is -0.0368. The lowest BCUT2D eigenvalue weighted by Gasteiger charge is -2.19. The molecule has 0 aromatic heterocycles. The van der Waals surface area contributed by atoms with Crippen molar-refractivity contribution in [2.45, 2.75) is 12.0 Å². The van der Waals surface area contributed by atoms with Gasteiger partial charge in [-0.1, -0.05) is 0 Å². The molecule has 2 saturated heterocycles.